The molecular formula is C39H24N12O3S3. The van der Waals surface area contributed by atoms with E-state index in [0.717, 1.165) is 65.1 Å². The normalized spacial score (nSPS) is 11.4. The predicted molar refractivity (Wildman–Crippen MR) is 214 cm³/mol. The van der Waals surface area contributed by atoms with Crippen LogP contribution in [0.2, 0.25) is 0 Å². The first kappa shape index (κ1) is 34.5. The number of benzene rings is 4. The van der Waals surface area contributed by atoms with Crippen molar-refractivity contribution in [1.82, 2.24) is 58.7 Å². The molecule has 0 N–H and O–H groups in total. The summed E-state index contributed by atoms with van der Waals surface area (Å²) < 4.78 is 31.4. The molecule has 0 atom stereocenters. The number of nitrogens with zero attached hydrogens (tertiary/aromatic N) is 12. The summed E-state index contributed by atoms with van der Waals surface area (Å²) >= 11 is 3.88. The van der Waals surface area contributed by atoms with Crippen LogP contribution in [0, 0.1) is 20.8 Å². The first-order chi connectivity index (χ1) is 27.9. The van der Waals surface area contributed by atoms with Gasteiger partial charge in [0.1, 0.15) is 15.0 Å². The van der Waals surface area contributed by atoms with Crippen LogP contribution in [0.5, 0.6) is 0 Å². The molecule has 10 aromatic rings. The average Bonchev–Trinajstić information content (AvgIpc) is 4.10. The van der Waals surface area contributed by atoms with Crippen LogP contribution in [0.1, 0.15) is 17.7 Å². The minimum Gasteiger partial charge on any atom is -0.421 e. The fourth-order valence-corrected chi connectivity index (χ4v) is 8.02. The standard InChI is InChI=1S/C39H24N12O3S3/c1-19-43-46-34(52-19)22-7-4-10-25(13-22)37-40-31(49-55-37)28-16-29(32-41-38(56-50-32)26-11-5-8-23(14-26)35-47-44-20(2)53-35)18-30(17-28)33-42-39(57-51-33)27-12-6-9-24(15-27)36-48-45-21(3)54-36/h4-18H,1-3H3. The van der Waals surface area contributed by atoms with Crippen LogP contribution in [0.3, 0.4) is 0 Å². The predicted octanol–water partition coefficient (Wildman–Crippen LogP) is 9.32. The van der Waals surface area contributed by atoms with Gasteiger partial charge in [0.25, 0.3) is 0 Å². The molecule has 0 radical (unpaired) electrons. The Morgan fingerprint density at radius 2 is 0.632 bits per heavy atom. The summed E-state index contributed by atoms with van der Waals surface area (Å²) in [6.07, 6.45) is 0. The molecule has 6 heterocycles. The molecule has 4 aromatic carbocycles. The first-order valence-electron chi connectivity index (χ1n) is 17.3. The van der Waals surface area contributed by atoms with Gasteiger partial charge in [-0.1, -0.05) is 36.4 Å². The van der Waals surface area contributed by atoms with Gasteiger partial charge in [-0.3, -0.25) is 0 Å². The fraction of sp³-hybridized carbons (Fsp3) is 0.0769. The monoisotopic (exact) mass is 804 g/mol. The number of aryl methyl sites for hydroxylation is 3. The summed E-state index contributed by atoms with van der Waals surface area (Å²) in [5.74, 6) is 4.40. The summed E-state index contributed by atoms with van der Waals surface area (Å²) in [6, 6.07) is 29.3. The highest BCUT2D eigenvalue weighted by Crippen LogP contribution is 2.37. The van der Waals surface area contributed by atoms with Crippen LogP contribution in [-0.4, -0.2) is 58.7 Å². The number of aromatic nitrogens is 12. The Morgan fingerprint density at radius 1 is 0.351 bits per heavy atom. The largest absolute Gasteiger partial charge is 0.421 e. The van der Waals surface area contributed by atoms with Gasteiger partial charge in [-0.15, -0.1) is 30.6 Å². The number of hydrogen-bond donors (Lipinski definition) is 0. The molecule has 276 valence electrons. The summed E-state index contributed by atoms with van der Waals surface area (Å²) in [5, 5.41) is 26.6. The van der Waals surface area contributed by atoms with Gasteiger partial charge >= 0.3 is 0 Å². The molecule has 0 saturated carbocycles. The van der Waals surface area contributed by atoms with Gasteiger partial charge in [0.2, 0.25) is 35.3 Å². The third-order valence-electron chi connectivity index (χ3n) is 8.63. The smallest absolute Gasteiger partial charge is 0.247 e. The van der Waals surface area contributed by atoms with E-state index in [9.17, 15) is 0 Å². The molecule has 10 rings (SSSR count). The molecule has 6 aromatic heterocycles. The van der Waals surface area contributed by atoms with Crippen LogP contribution >= 0.6 is 34.6 Å². The van der Waals surface area contributed by atoms with Crippen molar-refractivity contribution in [3.8, 4) is 100 Å². The van der Waals surface area contributed by atoms with Crippen LogP contribution < -0.4 is 0 Å². The molecule has 18 heteroatoms. The van der Waals surface area contributed by atoms with Crippen LogP contribution in [0.15, 0.2) is 104 Å². The van der Waals surface area contributed by atoms with Gasteiger partial charge in [0, 0.05) is 70.8 Å². The summed E-state index contributed by atoms with van der Waals surface area (Å²) in [4.78, 5) is 14.9. The highest BCUT2D eigenvalue weighted by Gasteiger charge is 2.19. The van der Waals surface area contributed by atoms with Gasteiger partial charge in [0.15, 0.2) is 17.5 Å². The highest BCUT2D eigenvalue weighted by molar-refractivity contribution is 7.09. The molecule has 0 aliphatic heterocycles. The minimum atomic E-state index is 0.439. The van der Waals surface area contributed by atoms with Gasteiger partial charge < -0.3 is 13.3 Å². The molecule has 0 fully saturated rings. The second-order valence-electron chi connectivity index (χ2n) is 12.7. The maximum atomic E-state index is 5.66. The van der Waals surface area contributed by atoms with Gasteiger partial charge in [-0.2, -0.15) is 13.1 Å². The Bertz CT molecular complexity index is 2730. The summed E-state index contributed by atoms with van der Waals surface area (Å²) in [5.41, 5.74) is 7.25. The Balaban J connectivity index is 1.03. The Morgan fingerprint density at radius 3 is 0.912 bits per heavy atom. The molecule has 15 nitrogen and oxygen atoms in total. The lowest BCUT2D eigenvalue weighted by Crippen LogP contribution is -1.90. The van der Waals surface area contributed by atoms with Crippen molar-refractivity contribution >= 4 is 34.6 Å². The van der Waals surface area contributed by atoms with Crippen molar-refractivity contribution in [1.29, 1.82) is 0 Å². The molecule has 57 heavy (non-hydrogen) atoms. The van der Waals surface area contributed by atoms with E-state index in [2.05, 4.69) is 30.6 Å². The average molecular weight is 805 g/mol. The van der Waals surface area contributed by atoms with Crippen molar-refractivity contribution in [2.45, 2.75) is 20.8 Å². The van der Waals surface area contributed by atoms with E-state index in [1.54, 1.807) is 20.8 Å². The summed E-state index contributed by atoms with van der Waals surface area (Å²) in [6.45, 7) is 5.28. The van der Waals surface area contributed by atoms with Gasteiger partial charge in [-0.25, -0.2) is 15.0 Å². The minimum absolute atomic E-state index is 0.439. The Kier molecular flexibility index (Phi) is 8.61. The third-order valence-corrected chi connectivity index (χ3v) is 10.9. The second-order valence-corrected chi connectivity index (χ2v) is 14.9. The van der Waals surface area contributed by atoms with Crippen molar-refractivity contribution in [2.75, 3.05) is 0 Å². The highest BCUT2D eigenvalue weighted by atomic mass is 32.1. The number of rotatable bonds is 9. The van der Waals surface area contributed by atoms with Crippen molar-refractivity contribution < 1.29 is 13.3 Å². The number of hydrogen-bond acceptors (Lipinski definition) is 18. The van der Waals surface area contributed by atoms with E-state index in [1.165, 1.54) is 34.6 Å². The van der Waals surface area contributed by atoms with E-state index in [1.807, 2.05) is 91.0 Å². The topological polar surface area (TPSA) is 194 Å². The molecule has 0 unspecified atom stereocenters. The molecule has 0 saturated heterocycles. The third kappa shape index (κ3) is 6.92. The van der Waals surface area contributed by atoms with Crippen molar-refractivity contribution in [3.63, 3.8) is 0 Å². The van der Waals surface area contributed by atoms with Crippen LogP contribution in [-0.2, 0) is 0 Å². The van der Waals surface area contributed by atoms with Crippen molar-refractivity contribution in [2.24, 2.45) is 0 Å². The summed E-state index contributed by atoms with van der Waals surface area (Å²) in [7, 11) is 0. The van der Waals surface area contributed by atoms with E-state index in [0.29, 0.717) is 52.8 Å². The van der Waals surface area contributed by atoms with Gasteiger partial charge in [-0.05, 0) is 89.2 Å². The van der Waals surface area contributed by atoms with Crippen LogP contribution in [0.4, 0.5) is 0 Å². The lowest BCUT2D eigenvalue weighted by molar-refractivity contribution is 0.532. The van der Waals surface area contributed by atoms with E-state index < -0.39 is 0 Å². The second kappa shape index (κ2) is 14.2. The molecule has 0 amide bonds. The zero-order valence-corrected chi connectivity index (χ0v) is 32.4. The van der Waals surface area contributed by atoms with E-state index in [4.69, 9.17) is 41.3 Å². The molecule has 0 spiro atoms. The van der Waals surface area contributed by atoms with Crippen molar-refractivity contribution in [3.05, 3.63) is 109 Å². The zero-order valence-electron chi connectivity index (χ0n) is 30.0. The molecular weight excluding hydrogens is 781 g/mol. The van der Waals surface area contributed by atoms with Gasteiger partial charge in [0.05, 0.1) is 0 Å². The maximum Gasteiger partial charge on any atom is 0.247 e. The fourth-order valence-electron chi connectivity index (χ4n) is 5.98. The quantitative estimate of drug-likeness (QED) is 0.134. The van der Waals surface area contributed by atoms with Crippen LogP contribution in [0.25, 0.3) is 100 Å². The Hall–Kier alpha value is -7.02. The Labute approximate surface area is 334 Å². The lowest BCUT2D eigenvalue weighted by atomic mass is 10.0. The molecule has 0 bridgehead atoms. The molecule has 0 aliphatic rings. The molecule has 0 aliphatic carbocycles. The van der Waals surface area contributed by atoms with E-state index >= 15 is 0 Å². The lowest BCUT2D eigenvalue weighted by Gasteiger charge is -2.05. The zero-order chi connectivity index (χ0) is 38.5. The van der Waals surface area contributed by atoms with E-state index in [-0.39, 0.29) is 0 Å². The SMILES string of the molecule is Cc1nnc(-c2cccc(-c3nc(-c4cc(-c5nsc(-c6cccc(-c7nnc(C)o7)c6)n5)cc(-c5nsc(-c6cccc(-c7nnc(C)o7)c6)n5)c4)ns3)c2)o1. The first-order valence-corrected chi connectivity index (χ1v) is 19.6. The maximum absolute atomic E-state index is 5.66.